The van der Waals surface area contributed by atoms with Crippen LogP contribution in [-0.4, -0.2) is 4.98 Å². The van der Waals surface area contributed by atoms with Crippen LogP contribution in [0.4, 0.5) is 0 Å². The monoisotopic (exact) mass is 170 g/mol. The van der Waals surface area contributed by atoms with Crippen LogP contribution < -0.4 is 0 Å². The van der Waals surface area contributed by atoms with E-state index in [9.17, 15) is 0 Å². The second kappa shape index (κ2) is 3.74. The lowest BCUT2D eigenvalue weighted by molar-refractivity contribution is 0.818. The number of nitrogens with zero attached hydrogens (tertiary/aromatic N) is 2. The number of pyridine rings is 1. The molecule has 64 valence electrons. The number of rotatable bonds is 1. The first-order valence-corrected chi connectivity index (χ1v) is 4.05. The molecule has 0 atom stereocenters. The summed E-state index contributed by atoms with van der Waals surface area (Å²) in [6.07, 6.45) is 6.86. The van der Waals surface area contributed by atoms with Crippen molar-refractivity contribution in [3.8, 4) is 18.4 Å². The average Bonchev–Trinajstić information content (AvgIpc) is 2.16. The van der Waals surface area contributed by atoms with Crippen LogP contribution in [0.25, 0.3) is 0 Å². The molecule has 0 fully saturated rings. The zero-order valence-electron chi connectivity index (χ0n) is 7.70. The SMILES string of the molecule is C#Cc1cc(C#N)cnc1C(C)C. The van der Waals surface area contributed by atoms with Gasteiger partial charge in [-0.15, -0.1) is 6.42 Å². The molecule has 2 heteroatoms. The molecular formula is C11H10N2. The summed E-state index contributed by atoms with van der Waals surface area (Å²) in [5.41, 5.74) is 2.10. The molecule has 0 unspecified atom stereocenters. The molecule has 13 heavy (non-hydrogen) atoms. The van der Waals surface area contributed by atoms with E-state index in [2.05, 4.69) is 10.9 Å². The third-order valence-electron chi connectivity index (χ3n) is 1.75. The van der Waals surface area contributed by atoms with Crippen molar-refractivity contribution < 1.29 is 0 Å². The van der Waals surface area contributed by atoms with Crippen LogP contribution in [0.2, 0.25) is 0 Å². The predicted octanol–water partition coefficient (Wildman–Crippen LogP) is 2.06. The van der Waals surface area contributed by atoms with E-state index < -0.39 is 0 Å². The highest BCUT2D eigenvalue weighted by molar-refractivity contribution is 5.43. The molecule has 1 aromatic heterocycles. The van der Waals surface area contributed by atoms with Crippen LogP contribution in [0.5, 0.6) is 0 Å². The van der Waals surface area contributed by atoms with Crippen molar-refractivity contribution in [2.24, 2.45) is 0 Å². The van der Waals surface area contributed by atoms with Crippen molar-refractivity contribution in [3.05, 3.63) is 29.1 Å². The summed E-state index contributed by atoms with van der Waals surface area (Å²) in [5, 5.41) is 8.63. The van der Waals surface area contributed by atoms with E-state index in [1.165, 1.54) is 0 Å². The second-order valence-corrected chi connectivity index (χ2v) is 3.07. The third-order valence-corrected chi connectivity index (χ3v) is 1.75. The Labute approximate surface area is 78.2 Å². The minimum atomic E-state index is 0.291. The summed E-state index contributed by atoms with van der Waals surface area (Å²) in [7, 11) is 0. The van der Waals surface area contributed by atoms with Gasteiger partial charge in [-0.1, -0.05) is 19.8 Å². The Hall–Kier alpha value is -1.80. The van der Waals surface area contributed by atoms with E-state index in [0.717, 1.165) is 5.69 Å². The molecule has 0 aromatic carbocycles. The van der Waals surface area contributed by atoms with Gasteiger partial charge in [0, 0.05) is 11.8 Å². The van der Waals surface area contributed by atoms with E-state index in [1.54, 1.807) is 12.3 Å². The zero-order chi connectivity index (χ0) is 9.84. The minimum Gasteiger partial charge on any atom is -0.258 e. The first-order chi connectivity index (χ1) is 6.19. The molecule has 0 saturated carbocycles. The van der Waals surface area contributed by atoms with Crippen LogP contribution in [0.1, 0.15) is 36.6 Å². The van der Waals surface area contributed by atoms with Gasteiger partial charge in [0.15, 0.2) is 0 Å². The summed E-state index contributed by atoms with van der Waals surface area (Å²) in [6.45, 7) is 4.05. The molecule has 0 spiro atoms. The quantitative estimate of drug-likeness (QED) is 0.605. The van der Waals surface area contributed by atoms with Gasteiger partial charge >= 0.3 is 0 Å². The predicted molar refractivity (Wildman–Crippen MR) is 51.0 cm³/mol. The number of terminal acetylenes is 1. The lowest BCUT2D eigenvalue weighted by Crippen LogP contribution is -1.97. The Balaban J connectivity index is 3.28. The van der Waals surface area contributed by atoms with Crippen LogP contribution in [0, 0.1) is 23.7 Å². The number of hydrogen-bond donors (Lipinski definition) is 0. The summed E-state index contributed by atoms with van der Waals surface area (Å²) in [6, 6.07) is 3.71. The van der Waals surface area contributed by atoms with Crippen molar-refractivity contribution in [3.63, 3.8) is 0 Å². The Kier molecular flexibility index (Phi) is 2.67. The highest BCUT2D eigenvalue weighted by atomic mass is 14.7. The van der Waals surface area contributed by atoms with E-state index in [1.807, 2.05) is 19.9 Å². The molecule has 0 aliphatic carbocycles. The van der Waals surface area contributed by atoms with Gasteiger partial charge in [-0.05, 0) is 12.0 Å². The molecule has 0 amide bonds. The molecule has 0 bridgehead atoms. The second-order valence-electron chi connectivity index (χ2n) is 3.07. The molecule has 0 saturated heterocycles. The van der Waals surface area contributed by atoms with Gasteiger partial charge in [0.25, 0.3) is 0 Å². The topological polar surface area (TPSA) is 36.7 Å². The highest BCUT2D eigenvalue weighted by Gasteiger charge is 2.06. The molecule has 0 aliphatic heterocycles. The molecule has 1 heterocycles. The van der Waals surface area contributed by atoms with E-state index in [4.69, 9.17) is 11.7 Å². The average molecular weight is 170 g/mol. The molecule has 1 rings (SSSR count). The Bertz CT molecular complexity index is 392. The Morgan fingerprint density at radius 1 is 1.54 bits per heavy atom. The van der Waals surface area contributed by atoms with Crippen LogP contribution in [0.15, 0.2) is 12.3 Å². The maximum absolute atomic E-state index is 8.63. The Morgan fingerprint density at radius 2 is 2.23 bits per heavy atom. The first-order valence-electron chi connectivity index (χ1n) is 4.05. The maximum Gasteiger partial charge on any atom is 0.101 e. The van der Waals surface area contributed by atoms with Gasteiger partial charge in [-0.3, -0.25) is 4.98 Å². The largest absolute Gasteiger partial charge is 0.258 e. The molecular weight excluding hydrogens is 160 g/mol. The number of nitriles is 1. The molecule has 2 nitrogen and oxygen atoms in total. The first kappa shape index (κ1) is 9.29. The molecule has 0 aliphatic rings. The fraction of sp³-hybridized carbons (Fsp3) is 0.273. The zero-order valence-corrected chi connectivity index (χ0v) is 7.70. The smallest absolute Gasteiger partial charge is 0.101 e. The van der Waals surface area contributed by atoms with Gasteiger partial charge in [-0.2, -0.15) is 5.26 Å². The van der Waals surface area contributed by atoms with Gasteiger partial charge in [0.1, 0.15) is 6.07 Å². The number of hydrogen-bond acceptors (Lipinski definition) is 2. The van der Waals surface area contributed by atoms with E-state index in [0.29, 0.717) is 17.0 Å². The van der Waals surface area contributed by atoms with Crippen molar-refractivity contribution in [1.29, 1.82) is 5.26 Å². The summed E-state index contributed by atoms with van der Waals surface area (Å²) in [5.74, 6) is 2.83. The molecule has 1 aromatic rings. The van der Waals surface area contributed by atoms with E-state index >= 15 is 0 Å². The summed E-state index contributed by atoms with van der Waals surface area (Å²) < 4.78 is 0. The van der Waals surface area contributed by atoms with Crippen molar-refractivity contribution in [2.75, 3.05) is 0 Å². The standard InChI is InChI=1S/C11H10N2/c1-4-10-5-9(6-12)7-13-11(10)8(2)3/h1,5,7-8H,2-3H3. The van der Waals surface area contributed by atoms with Crippen LogP contribution >= 0.6 is 0 Å². The summed E-state index contributed by atoms with van der Waals surface area (Å²) in [4.78, 5) is 4.15. The van der Waals surface area contributed by atoms with Gasteiger partial charge < -0.3 is 0 Å². The van der Waals surface area contributed by atoms with Crippen molar-refractivity contribution >= 4 is 0 Å². The lowest BCUT2D eigenvalue weighted by atomic mass is 10.0. The maximum atomic E-state index is 8.63. The van der Waals surface area contributed by atoms with Gasteiger partial charge in [0.05, 0.1) is 11.3 Å². The van der Waals surface area contributed by atoms with Crippen molar-refractivity contribution in [1.82, 2.24) is 4.98 Å². The highest BCUT2D eigenvalue weighted by Crippen LogP contribution is 2.16. The normalized spacial score (nSPS) is 9.31. The molecule has 0 N–H and O–H groups in total. The lowest BCUT2D eigenvalue weighted by Gasteiger charge is -2.06. The van der Waals surface area contributed by atoms with Gasteiger partial charge in [-0.25, -0.2) is 0 Å². The minimum absolute atomic E-state index is 0.291. The molecule has 0 radical (unpaired) electrons. The fourth-order valence-corrected chi connectivity index (χ4v) is 1.11. The third kappa shape index (κ3) is 1.86. The van der Waals surface area contributed by atoms with Crippen LogP contribution in [-0.2, 0) is 0 Å². The van der Waals surface area contributed by atoms with Crippen molar-refractivity contribution in [2.45, 2.75) is 19.8 Å². The number of aromatic nitrogens is 1. The fourth-order valence-electron chi connectivity index (χ4n) is 1.11. The van der Waals surface area contributed by atoms with Crippen LogP contribution in [0.3, 0.4) is 0 Å². The van der Waals surface area contributed by atoms with E-state index in [-0.39, 0.29) is 0 Å². The Morgan fingerprint density at radius 3 is 2.69 bits per heavy atom. The van der Waals surface area contributed by atoms with Gasteiger partial charge in [0.2, 0.25) is 0 Å². The summed E-state index contributed by atoms with van der Waals surface area (Å²) >= 11 is 0.